The second kappa shape index (κ2) is 9.03. The van der Waals surface area contributed by atoms with Crippen molar-refractivity contribution in [1.29, 1.82) is 0 Å². The third kappa shape index (κ3) is 5.32. The molecule has 1 aromatic heterocycles. The molecule has 0 saturated carbocycles. The van der Waals surface area contributed by atoms with Crippen LogP contribution >= 0.6 is 23.4 Å². The van der Waals surface area contributed by atoms with Gasteiger partial charge >= 0.3 is 0 Å². The van der Waals surface area contributed by atoms with Crippen LogP contribution in [0.1, 0.15) is 12.5 Å². The summed E-state index contributed by atoms with van der Waals surface area (Å²) >= 11 is 7.41. The molecule has 0 saturated heterocycles. The van der Waals surface area contributed by atoms with Gasteiger partial charge < -0.3 is 10.1 Å². The van der Waals surface area contributed by atoms with Crippen LogP contribution in [0.15, 0.2) is 40.2 Å². The number of hydrogen-bond donors (Lipinski definition) is 1. The van der Waals surface area contributed by atoms with E-state index in [1.807, 2.05) is 13.0 Å². The van der Waals surface area contributed by atoms with Crippen LogP contribution in [0.5, 0.6) is 0 Å². The fraction of sp³-hybridized carbons (Fsp3) is 0.353. The van der Waals surface area contributed by atoms with Gasteiger partial charge in [0, 0.05) is 24.7 Å². The smallest absolute Gasteiger partial charge is 0.271 e. The standard InChI is InChI=1S/C17H20ClN3O3S/c1-11-4-5-13(10-14(11)18)21-16(22)7-6-15(20-21)25-12(2)17(23)19-8-9-24-3/h4-7,10,12H,8-9H2,1-3H3,(H,19,23)/t12-/m1/s1. The van der Waals surface area contributed by atoms with Crippen LogP contribution in [0.25, 0.3) is 5.69 Å². The highest BCUT2D eigenvalue weighted by molar-refractivity contribution is 8.00. The number of methoxy groups -OCH3 is 1. The zero-order valence-electron chi connectivity index (χ0n) is 14.3. The summed E-state index contributed by atoms with van der Waals surface area (Å²) in [4.78, 5) is 24.1. The summed E-state index contributed by atoms with van der Waals surface area (Å²) in [5, 5.41) is 7.90. The number of ether oxygens (including phenoxy) is 1. The zero-order chi connectivity index (χ0) is 18.4. The fourth-order valence-electron chi connectivity index (χ4n) is 2.01. The van der Waals surface area contributed by atoms with Crippen molar-refractivity contribution < 1.29 is 9.53 Å². The Bertz CT molecular complexity index is 810. The number of halogens is 1. The first-order valence-electron chi connectivity index (χ1n) is 7.72. The first-order valence-corrected chi connectivity index (χ1v) is 8.98. The number of carbonyl (C=O) groups is 1. The van der Waals surface area contributed by atoms with Crippen molar-refractivity contribution in [1.82, 2.24) is 15.1 Å². The van der Waals surface area contributed by atoms with E-state index in [2.05, 4.69) is 10.4 Å². The van der Waals surface area contributed by atoms with Crippen molar-refractivity contribution in [3.8, 4) is 5.69 Å². The number of benzene rings is 1. The summed E-state index contributed by atoms with van der Waals surface area (Å²) in [6, 6.07) is 8.35. The summed E-state index contributed by atoms with van der Waals surface area (Å²) in [5.41, 5.74) is 1.24. The fourth-order valence-corrected chi connectivity index (χ4v) is 3.01. The number of nitrogens with one attached hydrogen (secondary N) is 1. The maximum absolute atomic E-state index is 12.1. The molecule has 1 atom stereocenters. The molecule has 25 heavy (non-hydrogen) atoms. The monoisotopic (exact) mass is 381 g/mol. The molecule has 1 aromatic carbocycles. The predicted octanol–water partition coefficient (Wildman–Crippen LogP) is 2.44. The Labute approximate surface area is 155 Å². The summed E-state index contributed by atoms with van der Waals surface area (Å²) in [6.07, 6.45) is 0. The Kier molecular flexibility index (Phi) is 7.04. The van der Waals surface area contributed by atoms with Gasteiger partial charge in [-0.1, -0.05) is 29.4 Å². The molecule has 0 aliphatic carbocycles. The summed E-state index contributed by atoms with van der Waals surface area (Å²) < 4.78 is 6.18. The number of thioether (sulfide) groups is 1. The summed E-state index contributed by atoms with van der Waals surface area (Å²) in [5.74, 6) is -0.111. The van der Waals surface area contributed by atoms with Crippen molar-refractivity contribution >= 4 is 29.3 Å². The number of carbonyl (C=O) groups excluding carboxylic acids is 1. The van der Waals surface area contributed by atoms with Crippen LogP contribution in [0.4, 0.5) is 0 Å². The van der Waals surface area contributed by atoms with Gasteiger partial charge in [-0.15, -0.1) is 0 Å². The molecule has 0 bridgehead atoms. The van der Waals surface area contributed by atoms with Crippen molar-refractivity contribution in [3.05, 3.63) is 51.3 Å². The van der Waals surface area contributed by atoms with E-state index in [1.165, 1.54) is 22.5 Å². The van der Waals surface area contributed by atoms with E-state index < -0.39 is 0 Å². The van der Waals surface area contributed by atoms with E-state index >= 15 is 0 Å². The number of aromatic nitrogens is 2. The highest BCUT2D eigenvalue weighted by Gasteiger charge is 2.15. The Balaban J connectivity index is 2.17. The van der Waals surface area contributed by atoms with Crippen LogP contribution < -0.4 is 10.9 Å². The summed E-state index contributed by atoms with van der Waals surface area (Å²) in [6.45, 7) is 4.58. The molecule has 8 heteroatoms. The normalized spacial score (nSPS) is 12.0. The second-order valence-corrected chi connectivity index (χ2v) is 7.17. The van der Waals surface area contributed by atoms with Crippen molar-refractivity contribution in [2.24, 2.45) is 0 Å². The minimum Gasteiger partial charge on any atom is -0.383 e. The molecule has 0 aliphatic rings. The van der Waals surface area contributed by atoms with Gasteiger partial charge in [0.15, 0.2) is 0 Å². The van der Waals surface area contributed by atoms with Crippen molar-refractivity contribution in [3.63, 3.8) is 0 Å². The van der Waals surface area contributed by atoms with Gasteiger partial charge in [-0.2, -0.15) is 9.78 Å². The molecule has 0 radical (unpaired) electrons. The largest absolute Gasteiger partial charge is 0.383 e. The first-order chi connectivity index (χ1) is 11.9. The van der Waals surface area contributed by atoms with E-state index in [0.29, 0.717) is 28.9 Å². The SMILES string of the molecule is COCCNC(=O)[C@@H](C)Sc1ccc(=O)n(-c2ccc(C)c(Cl)c2)n1. The summed E-state index contributed by atoms with van der Waals surface area (Å²) in [7, 11) is 1.58. The highest BCUT2D eigenvalue weighted by atomic mass is 35.5. The van der Waals surface area contributed by atoms with Gasteiger partial charge in [0.05, 0.1) is 17.5 Å². The topological polar surface area (TPSA) is 73.2 Å². The second-order valence-electron chi connectivity index (χ2n) is 5.40. The van der Waals surface area contributed by atoms with Crippen molar-refractivity contribution in [2.75, 3.05) is 20.3 Å². The van der Waals surface area contributed by atoms with E-state index in [9.17, 15) is 9.59 Å². The number of amides is 1. The lowest BCUT2D eigenvalue weighted by Crippen LogP contribution is -2.33. The molecule has 1 heterocycles. The lowest BCUT2D eigenvalue weighted by molar-refractivity contribution is -0.120. The lowest BCUT2D eigenvalue weighted by Gasteiger charge is -2.12. The third-order valence-corrected chi connectivity index (χ3v) is 4.88. The molecule has 6 nitrogen and oxygen atoms in total. The van der Waals surface area contributed by atoms with Gasteiger partial charge in [-0.05, 0) is 37.6 Å². The maximum atomic E-state index is 12.1. The van der Waals surface area contributed by atoms with Crippen LogP contribution in [-0.4, -0.2) is 41.2 Å². The van der Waals surface area contributed by atoms with Gasteiger partial charge in [-0.25, -0.2) is 0 Å². The van der Waals surface area contributed by atoms with Crippen LogP contribution in [0.3, 0.4) is 0 Å². The molecule has 0 spiro atoms. The number of aryl methyl sites for hydroxylation is 1. The van der Waals surface area contributed by atoms with Crippen molar-refractivity contribution in [2.45, 2.75) is 24.1 Å². The number of hydrogen-bond acceptors (Lipinski definition) is 5. The molecule has 134 valence electrons. The average Bonchev–Trinajstić information content (AvgIpc) is 2.59. The van der Waals surface area contributed by atoms with Gasteiger partial charge in [0.25, 0.3) is 5.56 Å². The maximum Gasteiger partial charge on any atom is 0.271 e. The minimum absolute atomic E-state index is 0.111. The molecule has 1 N–H and O–H groups in total. The Morgan fingerprint density at radius 2 is 2.16 bits per heavy atom. The molecular formula is C17H20ClN3O3S. The van der Waals surface area contributed by atoms with Gasteiger partial charge in [0.2, 0.25) is 5.91 Å². The first kappa shape index (κ1) is 19.5. The number of nitrogens with zero attached hydrogens (tertiary/aromatic N) is 2. The van der Waals surface area contributed by atoms with Crippen LogP contribution in [0, 0.1) is 6.92 Å². The Morgan fingerprint density at radius 3 is 2.84 bits per heavy atom. The van der Waals surface area contributed by atoms with E-state index in [4.69, 9.17) is 16.3 Å². The molecule has 1 amide bonds. The van der Waals surface area contributed by atoms with Crippen LogP contribution in [0.2, 0.25) is 5.02 Å². The van der Waals surface area contributed by atoms with Gasteiger partial charge in [0.1, 0.15) is 5.03 Å². The predicted molar refractivity (Wildman–Crippen MR) is 99.8 cm³/mol. The van der Waals surface area contributed by atoms with Gasteiger partial charge in [-0.3, -0.25) is 9.59 Å². The van der Waals surface area contributed by atoms with E-state index in [1.54, 1.807) is 32.2 Å². The third-order valence-electron chi connectivity index (χ3n) is 3.45. The molecule has 2 rings (SSSR count). The average molecular weight is 382 g/mol. The zero-order valence-corrected chi connectivity index (χ0v) is 15.9. The van der Waals surface area contributed by atoms with E-state index in [0.717, 1.165) is 5.56 Å². The minimum atomic E-state index is -0.350. The molecule has 0 fully saturated rings. The lowest BCUT2D eigenvalue weighted by atomic mass is 10.2. The Hall–Kier alpha value is -1.83. The highest BCUT2D eigenvalue weighted by Crippen LogP contribution is 2.22. The van der Waals surface area contributed by atoms with Crippen LogP contribution in [-0.2, 0) is 9.53 Å². The number of rotatable bonds is 7. The molecule has 2 aromatic rings. The molecule has 0 unspecified atom stereocenters. The Morgan fingerprint density at radius 1 is 1.40 bits per heavy atom. The van der Waals surface area contributed by atoms with E-state index in [-0.39, 0.29) is 16.7 Å². The molecular weight excluding hydrogens is 362 g/mol. The quantitative estimate of drug-likeness (QED) is 0.589. The molecule has 0 aliphatic heterocycles.